The van der Waals surface area contributed by atoms with Gasteiger partial charge in [-0.1, -0.05) is 23.8 Å². The maximum atomic E-state index is 11.4. The number of carbonyl (C=O) groups is 1. The number of hydrogen-bond donors (Lipinski definition) is 1. The minimum absolute atomic E-state index is 0.346. The molecule has 3 aliphatic rings. The first-order valence-corrected chi connectivity index (χ1v) is 5.84. The molecule has 3 unspecified atom stereocenters. The molecule has 0 spiro atoms. The van der Waals surface area contributed by atoms with Crippen molar-refractivity contribution in [3.63, 3.8) is 0 Å². The van der Waals surface area contributed by atoms with E-state index >= 15 is 0 Å². The van der Waals surface area contributed by atoms with Crippen molar-refractivity contribution < 1.29 is 9.90 Å². The molecule has 2 fully saturated rings. The number of fused-ring (bicyclic) bond motifs is 3. The predicted octanol–water partition coefficient (Wildman–Crippen LogP) is 2.76. The van der Waals surface area contributed by atoms with E-state index in [0.717, 1.165) is 32.1 Å². The number of carboxylic acids is 1. The standard InChI is InChI=1S/C13H16O2/c14-12(15)13-7-5-9-3-1-2-4-10(9)11(13)6-8-13/h1-2,4,9,11H,3,5-8H2,(H,14,15). The molecule has 0 aromatic rings. The topological polar surface area (TPSA) is 37.3 Å². The highest BCUT2D eigenvalue weighted by molar-refractivity contribution is 5.77. The van der Waals surface area contributed by atoms with Crippen LogP contribution in [0.4, 0.5) is 0 Å². The second-order valence-corrected chi connectivity index (χ2v) is 5.12. The largest absolute Gasteiger partial charge is 0.481 e. The third kappa shape index (κ3) is 1.08. The second kappa shape index (κ2) is 2.97. The van der Waals surface area contributed by atoms with Gasteiger partial charge >= 0.3 is 5.97 Å². The summed E-state index contributed by atoms with van der Waals surface area (Å²) in [5.74, 6) is 0.430. The number of aliphatic carboxylic acids is 1. The molecular formula is C13H16O2. The summed E-state index contributed by atoms with van der Waals surface area (Å²) in [5, 5.41) is 9.36. The van der Waals surface area contributed by atoms with Gasteiger partial charge in [0.1, 0.15) is 0 Å². The Kier molecular flexibility index (Phi) is 1.82. The van der Waals surface area contributed by atoms with Gasteiger partial charge in [0.2, 0.25) is 0 Å². The SMILES string of the molecule is O=C(O)C12CCC3CC=CC=C3C1CC2. The monoisotopic (exact) mass is 204 g/mol. The molecule has 2 heteroatoms. The van der Waals surface area contributed by atoms with Crippen LogP contribution in [0.1, 0.15) is 32.1 Å². The van der Waals surface area contributed by atoms with Crippen LogP contribution < -0.4 is 0 Å². The quantitative estimate of drug-likeness (QED) is 0.713. The summed E-state index contributed by atoms with van der Waals surface area (Å²) < 4.78 is 0. The Morgan fingerprint density at radius 1 is 1.40 bits per heavy atom. The van der Waals surface area contributed by atoms with Gasteiger partial charge in [0.05, 0.1) is 5.41 Å². The highest BCUT2D eigenvalue weighted by Gasteiger charge is 2.57. The van der Waals surface area contributed by atoms with Crippen molar-refractivity contribution >= 4 is 5.97 Å². The van der Waals surface area contributed by atoms with Crippen LogP contribution in [0.15, 0.2) is 23.8 Å². The number of allylic oxidation sites excluding steroid dienone is 4. The van der Waals surface area contributed by atoms with Gasteiger partial charge < -0.3 is 5.11 Å². The van der Waals surface area contributed by atoms with Gasteiger partial charge in [-0.15, -0.1) is 0 Å². The number of rotatable bonds is 1. The molecule has 0 heterocycles. The van der Waals surface area contributed by atoms with Gasteiger partial charge in [-0.3, -0.25) is 4.79 Å². The smallest absolute Gasteiger partial charge is 0.310 e. The van der Waals surface area contributed by atoms with Gasteiger partial charge in [-0.05, 0) is 43.9 Å². The molecule has 0 aromatic carbocycles. The van der Waals surface area contributed by atoms with Crippen LogP contribution in [0.3, 0.4) is 0 Å². The lowest BCUT2D eigenvalue weighted by Crippen LogP contribution is -2.51. The molecule has 3 aliphatic carbocycles. The fourth-order valence-corrected chi connectivity index (χ4v) is 3.60. The Balaban J connectivity index is 1.96. The van der Waals surface area contributed by atoms with Gasteiger partial charge in [-0.2, -0.15) is 0 Å². The summed E-state index contributed by atoms with van der Waals surface area (Å²) in [6.07, 6.45) is 11.5. The molecule has 3 atom stereocenters. The van der Waals surface area contributed by atoms with Crippen molar-refractivity contribution in [2.45, 2.75) is 32.1 Å². The Morgan fingerprint density at radius 3 is 2.87 bits per heavy atom. The van der Waals surface area contributed by atoms with E-state index < -0.39 is 5.97 Å². The fraction of sp³-hybridized carbons (Fsp3) is 0.615. The zero-order chi connectivity index (χ0) is 10.5. The third-order valence-corrected chi connectivity index (χ3v) is 4.63. The Morgan fingerprint density at radius 2 is 2.20 bits per heavy atom. The predicted molar refractivity (Wildman–Crippen MR) is 57.4 cm³/mol. The maximum Gasteiger partial charge on any atom is 0.310 e. The van der Waals surface area contributed by atoms with Crippen LogP contribution in [0.5, 0.6) is 0 Å². The van der Waals surface area contributed by atoms with Crippen molar-refractivity contribution in [1.82, 2.24) is 0 Å². The third-order valence-electron chi connectivity index (χ3n) is 4.63. The summed E-state index contributed by atoms with van der Waals surface area (Å²) in [7, 11) is 0. The molecule has 0 saturated heterocycles. The Bertz CT molecular complexity index is 367. The molecule has 2 saturated carbocycles. The lowest BCUT2D eigenvalue weighted by molar-refractivity contribution is -0.162. The molecular weight excluding hydrogens is 188 g/mol. The van der Waals surface area contributed by atoms with Crippen molar-refractivity contribution in [3.05, 3.63) is 23.8 Å². The average Bonchev–Trinajstić information content (AvgIpc) is 2.18. The summed E-state index contributed by atoms with van der Waals surface area (Å²) >= 11 is 0. The molecule has 15 heavy (non-hydrogen) atoms. The van der Waals surface area contributed by atoms with Gasteiger partial charge in [-0.25, -0.2) is 0 Å². The van der Waals surface area contributed by atoms with E-state index in [2.05, 4.69) is 18.2 Å². The molecule has 0 aromatic heterocycles. The van der Waals surface area contributed by atoms with Gasteiger partial charge in [0.25, 0.3) is 0 Å². The van der Waals surface area contributed by atoms with E-state index in [4.69, 9.17) is 0 Å². The highest BCUT2D eigenvalue weighted by Crippen LogP contribution is 2.60. The zero-order valence-corrected chi connectivity index (χ0v) is 8.78. The second-order valence-electron chi connectivity index (χ2n) is 5.12. The van der Waals surface area contributed by atoms with E-state index in [1.165, 1.54) is 5.57 Å². The lowest BCUT2D eigenvalue weighted by Gasteiger charge is -2.53. The molecule has 2 nitrogen and oxygen atoms in total. The molecule has 80 valence electrons. The van der Waals surface area contributed by atoms with Crippen LogP contribution in [-0.4, -0.2) is 11.1 Å². The van der Waals surface area contributed by atoms with E-state index in [-0.39, 0.29) is 5.41 Å². The molecule has 0 aliphatic heterocycles. The van der Waals surface area contributed by atoms with Crippen molar-refractivity contribution in [3.8, 4) is 0 Å². The molecule has 3 rings (SSSR count). The van der Waals surface area contributed by atoms with Crippen LogP contribution in [0.2, 0.25) is 0 Å². The normalized spacial score (nSPS) is 42.3. The zero-order valence-electron chi connectivity index (χ0n) is 8.78. The Labute approximate surface area is 89.7 Å². The molecule has 0 amide bonds. The Hall–Kier alpha value is -1.05. The first-order valence-electron chi connectivity index (χ1n) is 5.84. The van der Waals surface area contributed by atoms with Crippen molar-refractivity contribution in [2.75, 3.05) is 0 Å². The van der Waals surface area contributed by atoms with Gasteiger partial charge in [0.15, 0.2) is 0 Å². The summed E-state index contributed by atoms with van der Waals surface area (Å²) in [4.78, 5) is 11.4. The lowest BCUT2D eigenvalue weighted by atomic mass is 9.49. The fourth-order valence-electron chi connectivity index (χ4n) is 3.60. The molecule has 0 radical (unpaired) electrons. The van der Waals surface area contributed by atoms with E-state index in [9.17, 15) is 9.90 Å². The first kappa shape index (κ1) is 9.20. The van der Waals surface area contributed by atoms with Crippen LogP contribution in [-0.2, 0) is 4.79 Å². The maximum absolute atomic E-state index is 11.4. The first-order chi connectivity index (χ1) is 7.24. The number of carboxylic acid groups (broad SMARTS) is 1. The van der Waals surface area contributed by atoms with Crippen LogP contribution in [0.25, 0.3) is 0 Å². The van der Waals surface area contributed by atoms with E-state index in [0.29, 0.717) is 11.8 Å². The molecule has 0 bridgehead atoms. The van der Waals surface area contributed by atoms with Gasteiger partial charge in [0, 0.05) is 0 Å². The van der Waals surface area contributed by atoms with Crippen LogP contribution in [0, 0.1) is 17.3 Å². The van der Waals surface area contributed by atoms with Crippen LogP contribution >= 0.6 is 0 Å². The van der Waals surface area contributed by atoms with E-state index in [1.807, 2.05) is 0 Å². The highest BCUT2D eigenvalue weighted by atomic mass is 16.4. The van der Waals surface area contributed by atoms with Crippen molar-refractivity contribution in [1.29, 1.82) is 0 Å². The molecule has 1 N–H and O–H groups in total. The minimum Gasteiger partial charge on any atom is -0.481 e. The summed E-state index contributed by atoms with van der Waals surface area (Å²) in [6, 6.07) is 0. The number of hydrogen-bond acceptors (Lipinski definition) is 1. The summed E-state index contributed by atoms with van der Waals surface area (Å²) in [6.45, 7) is 0. The average molecular weight is 204 g/mol. The summed E-state index contributed by atoms with van der Waals surface area (Å²) in [5.41, 5.74) is 1.05. The van der Waals surface area contributed by atoms with Crippen molar-refractivity contribution in [2.24, 2.45) is 17.3 Å². The minimum atomic E-state index is -0.562. The van der Waals surface area contributed by atoms with E-state index in [1.54, 1.807) is 0 Å².